The van der Waals surface area contributed by atoms with Crippen molar-refractivity contribution in [3.05, 3.63) is 0 Å². The molecule has 2 aliphatic rings. The summed E-state index contributed by atoms with van der Waals surface area (Å²) in [5, 5.41) is 0. The fraction of sp³-hybridized carbons (Fsp3) is 1.00. The Hall–Kier alpha value is -0.0800. The van der Waals surface area contributed by atoms with Gasteiger partial charge in [0.15, 0.2) is 0 Å². The van der Waals surface area contributed by atoms with Gasteiger partial charge in [-0.05, 0) is 49.5 Å². The number of nitrogens with zero attached hydrogens (tertiary/aromatic N) is 1. The molecule has 1 aliphatic heterocycles. The lowest BCUT2D eigenvalue weighted by atomic mass is 9.80. The highest BCUT2D eigenvalue weighted by atomic mass is 15.1. The van der Waals surface area contributed by atoms with Crippen LogP contribution in [0.5, 0.6) is 0 Å². The molecule has 0 aromatic heterocycles. The van der Waals surface area contributed by atoms with Crippen molar-refractivity contribution >= 4 is 0 Å². The molecular weight excluding hydrogens is 196 g/mol. The van der Waals surface area contributed by atoms with Crippen LogP contribution in [0.3, 0.4) is 0 Å². The first-order chi connectivity index (χ1) is 7.45. The summed E-state index contributed by atoms with van der Waals surface area (Å²) >= 11 is 0. The topological polar surface area (TPSA) is 29.3 Å². The third-order valence-electron chi connectivity index (χ3n) is 4.60. The predicted molar refractivity (Wildman–Crippen MR) is 69.3 cm³/mol. The van der Waals surface area contributed by atoms with Crippen LogP contribution < -0.4 is 5.73 Å². The van der Waals surface area contributed by atoms with Gasteiger partial charge >= 0.3 is 0 Å². The van der Waals surface area contributed by atoms with Crippen molar-refractivity contribution in [3.63, 3.8) is 0 Å². The van der Waals surface area contributed by atoms with E-state index < -0.39 is 0 Å². The molecular formula is C14H28N2. The highest BCUT2D eigenvalue weighted by molar-refractivity contribution is 4.87. The number of likely N-dealkylation sites (tertiary alicyclic amines) is 1. The molecule has 3 atom stereocenters. The highest BCUT2D eigenvalue weighted by Gasteiger charge is 2.33. The van der Waals surface area contributed by atoms with Crippen LogP contribution in [-0.4, -0.2) is 30.6 Å². The zero-order valence-electron chi connectivity index (χ0n) is 11.2. The third-order valence-corrected chi connectivity index (χ3v) is 4.60. The lowest BCUT2D eigenvalue weighted by molar-refractivity contribution is 0.214. The Labute approximate surface area is 101 Å². The van der Waals surface area contributed by atoms with E-state index in [1.165, 1.54) is 45.3 Å². The van der Waals surface area contributed by atoms with E-state index in [1.807, 2.05) is 0 Å². The molecule has 2 N–H and O–H groups in total. The van der Waals surface area contributed by atoms with Crippen molar-refractivity contribution in [3.8, 4) is 0 Å². The summed E-state index contributed by atoms with van der Waals surface area (Å²) in [6.07, 6.45) is 5.26. The van der Waals surface area contributed by atoms with Crippen LogP contribution in [0, 0.1) is 17.3 Å². The van der Waals surface area contributed by atoms with Gasteiger partial charge in [-0.3, -0.25) is 0 Å². The van der Waals surface area contributed by atoms with E-state index in [1.54, 1.807) is 0 Å². The Kier molecular flexibility index (Phi) is 3.60. The largest absolute Gasteiger partial charge is 0.328 e. The standard InChI is InChI=1S/C14H28N2/c1-14(2,3)12-6-7-16(10-12)9-11-4-5-13(15)8-11/h11-13H,4-10,15H2,1-3H3. The minimum Gasteiger partial charge on any atom is -0.328 e. The highest BCUT2D eigenvalue weighted by Crippen LogP contribution is 2.35. The Morgan fingerprint density at radius 2 is 1.94 bits per heavy atom. The smallest absolute Gasteiger partial charge is 0.00420 e. The average molecular weight is 224 g/mol. The van der Waals surface area contributed by atoms with E-state index in [9.17, 15) is 0 Å². The van der Waals surface area contributed by atoms with E-state index in [-0.39, 0.29) is 0 Å². The summed E-state index contributed by atoms with van der Waals surface area (Å²) in [6.45, 7) is 11.1. The molecule has 2 fully saturated rings. The first-order valence-electron chi connectivity index (χ1n) is 6.93. The van der Waals surface area contributed by atoms with E-state index in [4.69, 9.17) is 5.73 Å². The lowest BCUT2D eigenvalue weighted by Crippen LogP contribution is -2.30. The summed E-state index contributed by atoms with van der Waals surface area (Å²) < 4.78 is 0. The summed E-state index contributed by atoms with van der Waals surface area (Å²) in [5.41, 5.74) is 6.46. The SMILES string of the molecule is CC(C)(C)C1CCN(CC2CCC(N)C2)C1. The van der Waals surface area contributed by atoms with E-state index in [2.05, 4.69) is 25.7 Å². The van der Waals surface area contributed by atoms with Crippen molar-refractivity contribution in [2.45, 2.75) is 52.5 Å². The summed E-state index contributed by atoms with van der Waals surface area (Å²) in [4.78, 5) is 2.68. The zero-order valence-corrected chi connectivity index (χ0v) is 11.2. The third kappa shape index (κ3) is 2.98. The maximum atomic E-state index is 5.98. The molecule has 0 aromatic carbocycles. The maximum absolute atomic E-state index is 5.98. The number of hydrogen-bond acceptors (Lipinski definition) is 2. The van der Waals surface area contributed by atoms with Crippen LogP contribution in [-0.2, 0) is 0 Å². The fourth-order valence-electron chi connectivity index (χ4n) is 3.35. The van der Waals surface area contributed by atoms with Gasteiger partial charge in [0.2, 0.25) is 0 Å². The molecule has 1 heterocycles. The monoisotopic (exact) mass is 224 g/mol. The van der Waals surface area contributed by atoms with Gasteiger partial charge in [0.05, 0.1) is 0 Å². The van der Waals surface area contributed by atoms with Gasteiger partial charge in [-0.15, -0.1) is 0 Å². The molecule has 0 spiro atoms. The van der Waals surface area contributed by atoms with E-state index in [0.717, 1.165) is 11.8 Å². The van der Waals surface area contributed by atoms with Crippen molar-refractivity contribution in [2.75, 3.05) is 19.6 Å². The number of hydrogen-bond donors (Lipinski definition) is 1. The van der Waals surface area contributed by atoms with Gasteiger partial charge < -0.3 is 10.6 Å². The second-order valence-electron chi connectivity index (χ2n) is 7.05. The zero-order chi connectivity index (χ0) is 11.8. The van der Waals surface area contributed by atoms with Gasteiger partial charge in [0.25, 0.3) is 0 Å². The van der Waals surface area contributed by atoms with E-state index >= 15 is 0 Å². The van der Waals surface area contributed by atoms with Crippen molar-refractivity contribution in [1.82, 2.24) is 4.90 Å². The van der Waals surface area contributed by atoms with Crippen LogP contribution in [0.15, 0.2) is 0 Å². The van der Waals surface area contributed by atoms with Gasteiger partial charge in [-0.25, -0.2) is 0 Å². The second kappa shape index (κ2) is 4.66. The molecule has 1 saturated heterocycles. The molecule has 0 amide bonds. The number of nitrogens with two attached hydrogens (primary N) is 1. The molecule has 1 saturated carbocycles. The van der Waals surface area contributed by atoms with Gasteiger partial charge in [0.1, 0.15) is 0 Å². The van der Waals surface area contributed by atoms with Crippen LogP contribution in [0.25, 0.3) is 0 Å². The second-order valence-corrected chi connectivity index (χ2v) is 7.05. The van der Waals surface area contributed by atoms with Gasteiger partial charge in [-0.2, -0.15) is 0 Å². The minimum absolute atomic E-state index is 0.487. The summed E-state index contributed by atoms with van der Waals surface area (Å²) in [5.74, 6) is 1.77. The van der Waals surface area contributed by atoms with Crippen LogP contribution in [0.2, 0.25) is 0 Å². The van der Waals surface area contributed by atoms with Crippen molar-refractivity contribution in [2.24, 2.45) is 23.0 Å². The molecule has 2 nitrogen and oxygen atoms in total. The molecule has 0 bridgehead atoms. The summed E-state index contributed by atoms with van der Waals surface area (Å²) in [6, 6.07) is 0.492. The molecule has 0 aromatic rings. The molecule has 16 heavy (non-hydrogen) atoms. The summed E-state index contributed by atoms with van der Waals surface area (Å²) in [7, 11) is 0. The fourth-order valence-corrected chi connectivity index (χ4v) is 3.35. The Morgan fingerprint density at radius 3 is 2.44 bits per heavy atom. The molecule has 94 valence electrons. The van der Waals surface area contributed by atoms with Crippen molar-refractivity contribution < 1.29 is 0 Å². The Balaban J connectivity index is 1.77. The normalized spacial score (nSPS) is 37.1. The van der Waals surface area contributed by atoms with Crippen molar-refractivity contribution in [1.29, 1.82) is 0 Å². The first kappa shape index (κ1) is 12.4. The molecule has 2 heteroatoms. The molecule has 0 radical (unpaired) electrons. The first-order valence-corrected chi connectivity index (χ1v) is 6.93. The van der Waals surface area contributed by atoms with Crippen LogP contribution in [0.4, 0.5) is 0 Å². The van der Waals surface area contributed by atoms with Gasteiger partial charge in [-0.1, -0.05) is 20.8 Å². The average Bonchev–Trinajstić information content (AvgIpc) is 2.74. The van der Waals surface area contributed by atoms with Gasteiger partial charge in [0, 0.05) is 19.1 Å². The van der Waals surface area contributed by atoms with E-state index in [0.29, 0.717) is 11.5 Å². The minimum atomic E-state index is 0.487. The molecule has 1 aliphatic carbocycles. The predicted octanol–water partition coefficient (Wildman–Crippen LogP) is 2.48. The molecule has 3 unspecified atom stereocenters. The lowest BCUT2D eigenvalue weighted by Gasteiger charge is -2.27. The number of rotatable bonds is 2. The van der Waals surface area contributed by atoms with Crippen LogP contribution in [0.1, 0.15) is 46.5 Å². The molecule has 2 rings (SSSR count). The maximum Gasteiger partial charge on any atom is 0.00420 e. The Bertz CT molecular complexity index is 231. The Morgan fingerprint density at radius 1 is 1.19 bits per heavy atom. The quantitative estimate of drug-likeness (QED) is 0.781. The van der Waals surface area contributed by atoms with Crippen LogP contribution >= 0.6 is 0 Å².